The Morgan fingerprint density at radius 2 is 1.96 bits per heavy atom. The van der Waals surface area contributed by atoms with Crippen LogP contribution in [-0.4, -0.2) is 67.5 Å². The summed E-state index contributed by atoms with van der Waals surface area (Å²) >= 11 is 0. The van der Waals surface area contributed by atoms with Crippen LogP contribution in [0.1, 0.15) is 38.5 Å². The quantitative estimate of drug-likeness (QED) is 0.228. The van der Waals surface area contributed by atoms with E-state index in [2.05, 4.69) is 16.0 Å². The third-order valence-corrected chi connectivity index (χ3v) is 6.17. The Kier molecular flexibility index (Phi) is 6.74. The number of hydrogen-bond donors (Lipinski definition) is 5. The summed E-state index contributed by atoms with van der Waals surface area (Å²) in [6.07, 6.45) is 5.66. The van der Waals surface area contributed by atoms with E-state index in [-0.39, 0.29) is 11.9 Å². The highest BCUT2D eigenvalue weighted by molar-refractivity contribution is 6.40. The number of ether oxygens (including phenoxy) is 1. The molecule has 142 valence electrons. The van der Waals surface area contributed by atoms with Crippen LogP contribution in [0.25, 0.3) is 0 Å². The normalized spacial score (nSPS) is 32.6. The molecule has 3 aliphatic rings. The summed E-state index contributed by atoms with van der Waals surface area (Å²) in [7, 11) is -1.26. The molecular weight excluding hydrogens is 321 g/mol. The summed E-state index contributed by atoms with van der Waals surface area (Å²) < 4.78 is 5.80. The van der Waals surface area contributed by atoms with Crippen LogP contribution < -0.4 is 16.0 Å². The van der Waals surface area contributed by atoms with Gasteiger partial charge in [-0.15, -0.1) is 0 Å². The van der Waals surface area contributed by atoms with Gasteiger partial charge < -0.3 is 30.7 Å². The number of carbonyl (C=O) groups excluding carboxylic acids is 1. The lowest BCUT2D eigenvalue weighted by atomic mass is 9.77. The van der Waals surface area contributed by atoms with Crippen molar-refractivity contribution in [1.82, 2.24) is 16.0 Å². The highest BCUT2D eigenvalue weighted by Crippen LogP contribution is 2.38. The Hall–Kier alpha value is -0.665. The molecule has 5 N–H and O–H groups in total. The first-order valence-corrected chi connectivity index (χ1v) is 9.84. The van der Waals surface area contributed by atoms with E-state index >= 15 is 0 Å². The van der Waals surface area contributed by atoms with Crippen LogP contribution in [0.2, 0.25) is 6.32 Å². The van der Waals surface area contributed by atoms with E-state index in [0.717, 1.165) is 51.9 Å². The second kappa shape index (κ2) is 8.82. The summed E-state index contributed by atoms with van der Waals surface area (Å²) in [6.45, 7) is 4.28. The van der Waals surface area contributed by atoms with Crippen molar-refractivity contribution in [1.29, 1.82) is 0 Å². The fourth-order valence-corrected chi connectivity index (χ4v) is 4.70. The highest BCUT2D eigenvalue weighted by atomic mass is 16.5. The molecule has 25 heavy (non-hydrogen) atoms. The Balaban J connectivity index is 1.58. The van der Waals surface area contributed by atoms with Crippen molar-refractivity contribution in [3.05, 3.63) is 0 Å². The number of carbonyl (C=O) groups is 1. The van der Waals surface area contributed by atoms with E-state index in [1.165, 1.54) is 0 Å². The fraction of sp³-hybridized carbons (Fsp3) is 0.941. The molecule has 0 aromatic carbocycles. The second-order valence-corrected chi connectivity index (χ2v) is 7.83. The molecule has 0 bridgehead atoms. The van der Waals surface area contributed by atoms with E-state index in [1.807, 2.05) is 0 Å². The van der Waals surface area contributed by atoms with Gasteiger partial charge in [0.15, 0.2) is 0 Å². The van der Waals surface area contributed by atoms with Crippen LogP contribution in [0, 0.1) is 11.8 Å². The molecule has 0 saturated carbocycles. The maximum Gasteiger partial charge on any atom is 0.451 e. The van der Waals surface area contributed by atoms with Gasteiger partial charge in [-0.1, -0.05) is 12.8 Å². The molecule has 0 radical (unpaired) electrons. The SMILES string of the molecule is O=C(OCC1CCNCC1)[C@]1(CCCCB(O)O)NC[C@@H]2NCC[C@@H]21. The van der Waals surface area contributed by atoms with Crippen molar-refractivity contribution in [3.63, 3.8) is 0 Å². The number of rotatable bonds is 8. The first kappa shape index (κ1) is 19.1. The van der Waals surface area contributed by atoms with Gasteiger partial charge in [-0.3, -0.25) is 4.79 Å². The molecule has 3 saturated heterocycles. The Morgan fingerprint density at radius 1 is 1.16 bits per heavy atom. The highest BCUT2D eigenvalue weighted by Gasteiger charge is 2.55. The van der Waals surface area contributed by atoms with Gasteiger partial charge in [0.05, 0.1) is 6.61 Å². The summed E-state index contributed by atoms with van der Waals surface area (Å²) in [5, 5.41) is 28.4. The topological polar surface area (TPSA) is 103 Å². The third-order valence-electron chi connectivity index (χ3n) is 6.17. The van der Waals surface area contributed by atoms with Crippen molar-refractivity contribution in [3.8, 4) is 0 Å². The molecule has 3 heterocycles. The van der Waals surface area contributed by atoms with Crippen LogP contribution in [0.15, 0.2) is 0 Å². The lowest BCUT2D eigenvalue weighted by Crippen LogP contribution is -2.53. The van der Waals surface area contributed by atoms with Crippen molar-refractivity contribution >= 4 is 13.1 Å². The number of piperidine rings is 1. The van der Waals surface area contributed by atoms with Crippen molar-refractivity contribution in [2.24, 2.45) is 11.8 Å². The summed E-state index contributed by atoms with van der Waals surface area (Å²) in [5.41, 5.74) is -0.610. The van der Waals surface area contributed by atoms with Crippen molar-refractivity contribution in [2.75, 3.05) is 32.8 Å². The molecule has 3 aliphatic heterocycles. The molecule has 0 spiro atoms. The van der Waals surface area contributed by atoms with Crippen LogP contribution in [0.3, 0.4) is 0 Å². The van der Waals surface area contributed by atoms with Gasteiger partial charge in [0, 0.05) is 18.5 Å². The van der Waals surface area contributed by atoms with Gasteiger partial charge in [0.25, 0.3) is 0 Å². The van der Waals surface area contributed by atoms with Crippen LogP contribution >= 0.6 is 0 Å². The predicted octanol–water partition coefficient (Wildman–Crippen LogP) is -0.508. The largest absolute Gasteiger partial charge is 0.464 e. The third kappa shape index (κ3) is 4.55. The smallest absolute Gasteiger partial charge is 0.451 e. The van der Waals surface area contributed by atoms with Crippen LogP contribution in [0.4, 0.5) is 0 Å². The molecule has 8 heteroatoms. The standard InChI is InChI=1S/C17H32BN3O4/c22-16(25-12-13-3-8-19-9-4-13)17(6-1-2-7-18(23)24)14-5-10-20-15(14)11-21-17/h13-15,19-21,23-24H,1-12H2/t14-,15-,17+/m0/s1. The maximum atomic E-state index is 13.1. The molecule has 7 nitrogen and oxygen atoms in total. The first-order chi connectivity index (χ1) is 12.1. The van der Waals surface area contributed by atoms with Crippen LogP contribution in [0.5, 0.6) is 0 Å². The monoisotopic (exact) mass is 353 g/mol. The van der Waals surface area contributed by atoms with E-state index < -0.39 is 12.7 Å². The molecular formula is C17H32BN3O4. The lowest BCUT2D eigenvalue weighted by Gasteiger charge is -2.33. The Bertz CT molecular complexity index is 448. The van der Waals surface area contributed by atoms with Crippen molar-refractivity contribution in [2.45, 2.75) is 56.4 Å². The second-order valence-electron chi connectivity index (χ2n) is 7.83. The average Bonchev–Trinajstić information content (AvgIpc) is 3.21. The summed E-state index contributed by atoms with van der Waals surface area (Å²) in [5.74, 6) is 0.629. The number of fused-ring (bicyclic) bond motifs is 1. The van der Waals surface area contributed by atoms with E-state index in [9.17, 15) is 4.79 Å². The Morgan fingerprint density at radius 3 is 2.72 bits per heavy atom. The first-order valence-electron chi connectivity index (χ1n) is 9.84. The molecule has 3 atom stereocenters. The molecule has 0 aromatic rings. The molecule has 0 aromatic heterocycles. The molecule has 3 fully saturated rings. The minimum Gasteiger partial charge on any atom is -0.464 e. The molecule has 3 rings (SSSR count). The van der Waals surface area contributed by atoms with E-state index in [4.69, 9.17) is 14.8 Å². The molecule has 0 unspecified atom stereocenters. The van der Waals surface area contributed by atoms with Gasteiger partial charge in [-0.25, -0.2) is 0 Å². The van der Waals surface area contributed by atoms with Gasteiger partial charge in [-0.2, -0.15) is 0 Å². The van der Waals surface area contributed by atoms with Gasteiger partial charge in [0.1, 0.15) is 5.54 Å². The number of hydrogen-bond acceptors (Lipinski definition) is 7. The van der Waals surface area contributed by atoms with Gasteiger partial charge >= 0.3 is 13.1 Å². The number of nitrogens with one attached hydrogen (secondary N) is 3. The number of esters is 1. The molecule has 0 aliphatic carbocycles. The summed E-state index contributed by atoms with van der Waals surface area (Å²) in [4.78, 5) is 13.1. The minimum absolute atomic E-state index is 0.105. The van der Waals surface area contributed by atoms with Crippen molar-refractivity contribution < 1.29 is 19.6 Å². The zero-order chi connectivity index (χ0) is 17.7. The van der Waals surface area contributed by atoms with E-state index in [0.29, 0.717) is 37.7 Å². The zero-order valence-corrected chi connectivity index (χ0v) is 15.0. The fourth-order valence-electron chi connectivity index (χ4n) is 4.70. The van der Waals surface area contributed by atoms with Gasteiger partial charge in [-0.05, 0) is 57.6 Å². The minimum atomic E-state index is -1.26. The Labute approximate surface area is 150 Å². The summed E-state index contributed by atoms with van der Waals surface area (Å²) in [6, 6.07) is 0.342. The van der Waals surface area contributed by atoms with Gasteiger partial charge in [0.2, 0.25) is 0 Å². The molecule has 0 amide bonds. The maximum absolute atomic E-state index is 13.1. The van der Waals surface area contributed by atoms with E-state index in [1.54, 1.807) is 0 Å². The predicted molar refractivity (Wildman–Crippen MR) is 96.0 cm³/mol. The number of unbranched alkanes of at least 4 members (excludes halogenated alkanes) is 1. The average molecular weight is 353 g/mol. The van der Waals surface area contributed by atoms with Crippen LogP contribution in [-0.2, 0) is 9.53 Å². The zero-order valence-electron chi connectivity index (χ0n) is 15.0. The lowest BCUT2D eigenvalue weighted by molar-refractivity contribution is -0.155.